The Bertz CT molecular complexity index is 140. The molecule has 64 valence electrons. The van der Waals surface area contributed by atoms with Crippen molar-refractivity contribution in [3.8, 4) is 0 Å². The average Bonchev–Trinajstić information content (AvgIpc) is 2.43. The highest BCUT2D eigenvalue weighted by molar-refractivity contribution is 4.88. The van der Waals surface area contributed by atoms with E-state index in [0.29, 0.717) is 0 Å². The predicted octanol–water partition coefficient (Wildman–Crippen LogP) is 3.22. The van der Waals surface area contributed by atoms with Crippen LogP contribution in [0.4, 0.5) is 0 Å². The highest BCUT2D eigenvalue weighted by atomic mass is 14.9. The van der Waals surface area contributed by atoms with E-state index in [2.05, 4.69) is 13.8 Å². The van der Waals surface area contributed by atoms with Crippen LogP contribution in [0.5, 0.6) is 0 Å². The van der Waals surface area contributed by atoms with Crippen LogP contribution in [0.15, 0.2) is 24.5 Å². The molecule has 11 heavy (non-hydrogen) atoms. The lowest BCUT2D eigenvalue weighted by Gasteiger charge is -1.79. The zero-order valence-electron chi connectivity index (χ0n) is 7.88. The molecule has 1 aromatic heterocycles. The van der Waals surface area contributed by atoms with Crippen LogP contribution >= 0.6 is 0 Å². The molecule has 0 N–H and O–H groups in total. The van der Waals surface area contributed by atoms with Crippen molar-refractivity contribution in [2.75, 3.05) is 0 Å². The van der Waals surface area contributed by atoms with Gasteiger partial charge in [0.25, 0.3) is 0 Å². The highest BCUT2D eigenvalue weighted by Gasteiger charge is 1.68. The van der Waals surface area contributed by atoms with E-state index in [9.17, 15) is 0 Å². The van der Waals surface area contributed by atoms with Gasteiger partial charge in [-0.25, -0.2) is 0 Å². The fourth-order valence-electron chi connectivity index (χ4n) is 0.774. The Kier molecular flexibility index (Phi) is 6.90. The first-order chi connectivity index (χ1) is 5.31. The molecule has 1 aromatic rings. The minimum absolute atomic E-state index is 1.34. The maximum atomic E-state index is 2.21. The smallest absolute Gasteiger partial charge is 0.0106 e. The Morgan fingerprint density at radius 1 is 1.00 bits per heavy atom. The molecule has 0 spiro atoms. The van der Waals surface area contributed by atoms with Crippen molar-refractivity contribution >= 4 is 0 Å². The molecule has 0 radical (unpaired) electrons. The lowest BCUT2D eigenvalue weighted by Crippen LogP contribution is -1.75. The third-order valence-corrected chi connectivity index (χ3v) is 1.46. The number of hydrogen-bond acceptors (Lipinski definition) is 0. The number of unbranched alkanes of at least 4 members (excludes halogenated alkanes) is 2. The summed E-state index contributed by atoms with van der Waals surface area (Å²) >= 11 is 0. The van der Waals surface area contributed by atoms with Crippen molar-refractivity contribution in [2.45, 2.75) is 33.1 Å². The van der Waals surface area contributed by atoms with Crippen LogP contribution in [0.1, 0.15) is 33.1 Å². The fraction of sp³-hybridized carbons (Fsp3) is 0.600. The van der Waals surface area contributed by atoms with Gasteiger partial charge in [-0.05, 0) is 12.1 Å². The van der Waals surface area contributed by atoms with Gasteiger partial charge in [-0.1, -0.05) is 33.1 Å². The third kappa shape index (κ3) is 7.17. The van der Waals surface area contributed by atoms with Crippen molar-refractivity contribution in [1.82, 2.24) is 4.57 Å². The molecule has 0 saturated carbocycles. The molecule has 1 heterocycles. The first-order valence-electron chi connectivity index (χ1n) is 4.38. The van der Waals surface area contributed by atoms with Crippen LogP contribution < -0.4 is 0 Å². The van der Waals surface area contributed by atoms with E-state index >= 15 is 0 Å². The monoisotopic (exact) mass is 153 g/mol. The molecule has 1 rings (SSSR count). The molecule has 0 bridgehead atoms. The summed E-state index contributed by atoms with van der Waals surface area (Å²) in [5.74, 6) is 0. The molecule has 0 fully saturated rings. The van der Waals surface area contributed by atoms with Crippen LogP contribution in [0.25, 0.3) is 0 Å². The van der Waals surface area contributed by atoms with Crippen molar-refractivity contribution in [2.24, 2.45) is 7.05 Å². The Balaban J connectivity index is 0.000000187. The van der Waals surface area contributed by atoms with E-state index in [1.54, 1.807) is 0 Å². The second-order valence-electron chi connectivity index (χ2n) is 2.70. The average molecular weight is 153 g/mol. The third-order valence-electron chi connectivity index (χ3n) is 1.46. The Morgan fingerprint density at radius 2 is 1.45 bits per heavy atom. The van der Waals surface area contributed by atoms with Gasteiger partial charge in [-0.15, -0.1) is 0 Å². The Labute approximate surface area is 70.0 Å². The quantitative estimate of drug-likeness (QED) is 0.614. The standard InChI is InChI=1S/C5H7N.C5H12/c1-6-4-2-3-5-6;1-3-5-4-2/h2-5H,1H3;3-5H2,1-2H3. The van der Waals surface area contributed by atoms with E-state index < -0.39 is 0 Å². The largest absolute Gasteiger partial charge is 0.357 e. The molecule has 0 saturated heterocycles. The highest BCUT2D eigenvalue weighted by Crippen LogP contribution is 1.88. The SMILES string of the molecule is CCCCC.Cn1cccc1. The van der Waals surface area contributed by atoms with Gasteiger partial charge >= 0.3 is 0 Å². The summed E-state index contributed by atoms with van der Waals surface area (Å²) in [4.78, 5) is 0. The number of aromatic nitrogens is 1. The molecule has 0 aliphatic rings. The first-order valence-corrected chi connectivity index (χ1v) is 4.38. The second-order valence-corrected chi connectivity index (χ2v) is 2.70. The molecule has 0 unspecified atom stereocenters. The summed E-state index contributed by atoms with van der Waals surface area (Å²) in [6.45, 7) is 4.42. The van der Waals surface area contributed by atoms with Gasteiger partial charge in [-0.2, -0.15) is 0 Å². The minimum atomic E-state index is 1.34. The molecule has 0 aromatic carbocycles. The van der Waals surface area contributed by atoms with Crippen LogP contribution in [0, 0.1) is 0 Å². The van der Waals surface area contributed by atoms with E-state index in [0.717, 1.165) is 0 Å². The zero-order chi connectivity index (χ0) is 8.53. The van der Waals surface area contributed by atoms with Crippen LogP contribution in [-0.4, -0.2) is 4.57 Å². The van der Waals surface area contributed by atoms with Gasteiger partial charge < -0.3 is 4.57 Å². The van der Waals surface area contributed by atoms with E-state index in [-0.39, 0.29) is 0 Å². The summed E-state index contributed by atoms with van der Waals surface area (Å²) in [6, 6.07) is 4.00. The minimum Gasteiger partial charge on any atom is -0.357 e. The van der Waals surface area contributed by atoms with Crippen molar-refractivity contribution in [3.63, 3.8) is 0 Å². The van der Waals surface area contributed by atoms with Gasteiger partial charge in [0.2, 0.25) is 0 Å². The van der Waals surface area contributed by atoms with Crippen LogP contribution in [0.3, 0.4) is 0 Å². The molecule has 1 nitrogen and oxygen atoms in total. The molecule has 0 aliphatic heterocycles. The Hall–Kier alpha value is -0.720. The maximum Gasteiger partial charge on any atom is 0.0106 e. The summed E-state index contributed by atoms with van der Waals surface area (Å²) in [5.41, 5.74) is 0. The van der Waals surface area contributed by atoms with E-state index in [1.165, 1.54) is 19.3 Å². The Morgan fingerprint density at radius 3 is 1.55 bits per heavy atom. The van der Waals surface area contributed by atoms with E-state index in [4.69, 9.17) is 0 Å². The van der Waals surface area contributed by atoms with Gasteiger partial charge in [-0.3, -0.25) is 0 Å². The summed E-state index contributed by atoms with van der Waals surface area (Å²) < 4.78 is 2.00. The number of aryl methyl sites for hydroxylation is 1. The first kappa shape index (κ1) is 10.3. The second kappa shape index (κ2) is 7.39. The summed E-state index contributed by atoms with van der Waals surface area (Å²) in [6.07, 6.45) is 8.08. The molecule has 0 aliphatic carbocycles. The normalized spacial score (nSPS) is 8.64. The molecule has 0 amide bonds. The van der Waals surface area contributed by atoms with Crippen molar-refractivity contribution in [1.29, 1.82) is 0 Å². The topological polar surface area (TPSA) is 4.93 Å². The zero-order valence-corrected chi connectivity index (χ0v) is 7.88. The fourth-order valence-corrected chi connectivity index (χ4v) is 0.774. The van der Waals surface area contributed by atoms with Gasteiger partial charge in [0.1, 0.15) is 0 Å². The van der Waals surface area contributed by atoms with Gasteiger partial charge in [0, 0.05) is 19.4 Å². The number of nitrogens with zero attached hydrogens (tertiary/aromatic N) is 1. The number of hydrogen-bond donors (Lipinski definition) is 0. The lowest BCUT2D eigenvalue weighted by molar-refractivity contribution is 0.772. The van der Waals surface area contributed by atoms with Gasteiger partial charge in [0.05, 0.1) is 0 Å². The molecular formula is C10H19N. The predicted molar refractivity (Wildman–Crippen MR) is 50.6 cm³/mol. The summed E-state index contributed by atoms with van der Waals surface area (Å²) in [5, 5.41) is 0. The van der Waals surface area contributed by atoms with Crippen LogP contribution in [-0.2, 0) is 7.05 Å². The van der Waals surface area contributed by atoms with E-state index in [1.807, 2.05) is 36.1 Å². The lowest BCUT2D eigenvalue weighted by atomic mass is 10.3. The van der Waals surface area contributed by atoms with Crippen molar-refractivity contribution in [3.05, 3.63) is 24.5 Å². The summed E-state index contributed by atoms with van der Waals surface area (Å²) in [7, 11) is 2.00. The van der Waals surface area contributed by atoms with Gasteiger partial charge in [0.15, 0.2) is 0 Å². The van der Waals surface area contributed by atoms with Crippen LogP contribution in [0.2, 0.25) is 0 Å². The number of rotatable bonds is 2. The van der Waals surface area contributed by atoms with Crippen molar-refractivity contribution < 1.29 is 0 Å². The maximum absolute atomic E-state index is 2.21. The molecule has 1 heteroatoms. The molecule has 0 atom stereocenters. The molecular weight excluding hydrogens is 134 g/mol.